The molecule has 7 nitrogen and oxygen atoms in total. The van der Waals surface area contributed by atoms with E-state index in [0.29, 0.717) is 13.1 Å². The van der Waals surface area contributed by atoms with Crippen LogP contribution in [0, 0.1) is 0 Å². The molecule has 0 atom stereocenters. The summed E-state index contributed by atoms with van der Waals surface area (Å²) in [6, 6.07) is 18.4. The number of nitrogens with zero attached hydrogens (tertiary/aromatic N) is 4. The predicted octanol–water partition coefficient (Wildman–Crippen LogP) is 4.03. The first kappa shape index (κ1) is 21.9. The lowest BCUT2D eigenvalue weighted by molar-refractivity contribution is 0.122. The fourth-order valence-corrected chi connectivity index (χ4v) is 4.19. The van der Waals surface area contributed by atoms with Crippen molar-refractivity contribution in [3.05, 3.63) is 77.1 Å². The maximum atomic E-state index is 12.2. The summed E-state index contributed by atoms with van der Waals surface area (Å²) in [4.78, 5) is 16.3. The van der Waals surface area contributed by atoms with Gasteiger partial charge in [0.05, 0.1) is 37.8 Å². The number of amides is 1. The van der Waals surface area contributed by atoms with E-state index in [2.05, 4.69) is 29.2 Å². The molecular formula is C25H30N4O3. The summed E-state index contributed by atoms with van der Waals surface area (Å²) in [6.07, 6.45) is 0.568. The Hall–Kier alpha value is -3.32. The second-order valence-electron chi connectivity index (χ2n) is 7.91. The normalized spacial score (nSPS) is 13.5. The molecule has 1 amide bonds. The van der Waals surface area contributed by atoms with Crippen LogP contribution in [0.4, 0.5) is 4.79 Å². The molecule has 0 fully saturated rings. The molecule has 3 aromatic rings. The SMILES string of the molecule is CCN(Cc1nn(-c2ccccc2)c2c1CN(Cc1ccc(OC)cc1)CC2)C(=O)OC. The molecular weight excluding hydrogens is 404 g/mol. The van der Waals surface area contributed by atoms with Gasteiger partial charge in [-0.05, 0) is 36.8 Å². The van der Waals surface area contributed by atoms with Crippen LogP contribution in [0.25, 0.3) is 5.69 Å². The number of benzene rings is 2. The van der Waals surface area contributed by atoms with Gasteiger partial charge in [-0.1, -0.05) is 30.3 Å². The second-order valence-corrected chi connectivity index (χ2v) is 7.91. The van der Waals surface area contributed by atoms with Crippen LogP contribution in [-0.2, 0) is 30.8 Å². The maximum Gasteiger partial charge on any atom is 0.409 e. The first-order valence-electron chi connectivity index (χ1n) is 11.0. The average molecular weight is 435 g/mol. The van der Waals surface area contributed by atoms with Crippen LogP contribution in [0.5, 0.6) is 5.75 Å². The molecule has 1 aliphatic heterocycles. The first-order chi connectivity index (χ1) is 15.6. The molecule has 7 heteroatoms. The van der Waals surface area contributed by atoms with E-state index in [1.165, 1.54) is 23.9 Å². The Morgan fingerprint density at radius 2 is 1.84 bits per heavy atom. The summed E-state index contributed by atoms with van der Waals surface area (Å²) in [7, 11) is 3.10. The summed E-state index contributed by atoms with van der Waals surface area (Å²) in [5.74, 6) is 0.864. The summed E-state index contributed by atoms with van der Waals surface area (Å²) in [5.41, 5.74) is 5.64. The minimum atomic E-state index is -0.332. The van der Waals surface area contributed by atoms with Gasteiger partial charge in [0.1, 0.15) is 5.75 Å². The summed E-state index contributed by atoms with van der Waals surface area (Å²) < 4.78 is 12.3. The van der Waals surface area contributed by atoms with Crippen LogP contribution in [0.3, 0.4) is 0 Å². The second kappa shape index (κ2) is 9.87. The summed E-state index contributed by atoms with van der Waals surface area (Å²) in [5, 5.41) is 4.95. The van der Waals surface area contributed by atoms with Gasteiger partial charge >= 0.3 is 6.09 Å². The third-order valence-electron chi connectivity index (χ3n) is 5.94. The molecule has 0 spiro atoms. The fourth-order valence-electron chi connectivity index (χ4n) is 4.19. The highest BCUT2D eigenvalue weighted by atomic mass is 16.5. The number of aromatic nitrogens is 2. The van der Waals surface area contributed by atoms with Crippen LogP contribution in [-0.4, -0.2) is 53.0 Å². The smallest absolute Gasteiger partial charge is 0.409 e. The Labute approximate surface area is 189 Å². The van der Waals surface area contributed by atoms with Crippen LogP contribution in [0.15, 0.2) is 54.6 Å². The number of ether oxygens (including phenoxy) is 2. The zero-order valence-corrected chi connectivity index (χ0v) is 19.0. The Kier molecular flexibility index (Phi) is 6.75. The van der Waals surface area contributed by atoms with E-state index in [-0.39, 0.29) is 6.09 Å². The van der Waals surface area contributed by atoms with Gasteiger partial charge in [0, 0.05) is 38.2 Å². The lowest BCUT2D eigenvalue weighted by Gasteiger charge is -2.28. The van der Waals surface area contributed by atoms with Gasteiger partial charge in [-0.15, -0.1) is 0 Å². The van der Waals surface area contributed by atoms with Crippen molar-refractivity contribution in [1.29, 1.82) is 0 Å². The third kappa shape index (κ3) is 4.62. The Morgan fingerprint density at radius 3 is 2.50 bits per heavy atom. The van der Waals surface area contributed by atoms with E-state index in [0.717, 1.165) is 43.2 Å². The van der Waals surface area contributed by atoms with Gasteiger partial charge in [0.2, 0.25) is 0 Å². The van der Waals surface area contributed by atoms with Crippen LogP contribution < -0.4 is 4.74 Å². The molecule has 1 aromatic heterocycles. The van der Waals surface area contributed by atoms with Gasteiger partial charge in [-0.3, -0.25) is 4.90 Å². The summed E-state index contributed by atoms with van der Waals surface area (Å²) >= 11 is 0. The van der Waals surface area contributed by atoms with E-state index in [4.69, 9.17) is 14.6 Å². The molecule has 168 valence electrons. The molecule has 2 heterocycles. The van der Waals surface area contributed by atoms with E-state index >= 15 is 0 Å². The number of methoxy groups -OCH3 is 2. The largest absolute Gasteiger partial charge is 0.497 e. The Balaban J connectivity index is 1.62. The van der Waals surface area contributed by atoms with Gasteiger partial charge in [0.25, 0.3) is 0 Å². The molecule has 0 saturated heterocycles. The molecule has 0 bridgehead atoms. The highest BCUT2D eigenvalue weighted by Crippen LogP contribution is 2.27. The van der Waals surface area contributed by atoms with Gasteiger partial charge in [-0.2, -0.15) is 5.10 Å². The van der Waals surface area contributed by atoms with Crippen molar-refractivity contribution in [1.82, 2.24) is 19.6 Å². The number of rotatable bonds is 7. The molecule has 2 aromatic carbocycles. The predicted molar refractivity (Wildman–Crippen MR) is 123 cm³/mol. The van der Waals surface area contributed by atoms with E-state index in [9.17, 15) is 4.79 Å². The van der Waals surface area contributed by atoms with E-state index in [1.54, 1.807) is 12.0 Å². The lowest BCUT2D eigenvalue weighted by atomic mass is 10.0. The minimum Gasteiger partial charge on any atom is -0.497 e. The zero-order valence-electron chi connectivity index (χ0n) is 19.0. The third-order valence-corrected chi connectivity index (χ3v) is 5.94. The molecule has 0 saturated carbocycles. The van der Waals surface area contributed by atoms with Crippen molar-refractivity contribution in [2.75, 3.05) is 27.3 Å². The van der Waals surface area contributed by atoms with E-state index < -0.39 is 0 Å². The number of fused-ring (bicyclic) bond motifs is 1. The molecule has 32 heavy (non-hydrogen) atoms. The minimum absolute atomic E-state index is 0.332. The monoisotopic (exact) mass is 434 g/mol. The molecule has 0 radical (unpaired) electrons. The average Bonchev–Trinajstić information content (AvgIpc) is 3.20. The van der Waals surface area contributed by atoms with Crippen molar-refractivity contribution >= 4 is 6.09 Å². The van der Waals surface area contributed by atoms with Gasteiger partial charge in [0.15, 0.2) is 0 Å². The topological polar surface area (TPSA) is 59.8 Å². The molecule has 4 rings (SSSR count). The van der Waals surface area contributed by atoms with Crippen LogP contribution in [0.1, 0.15) is 29.4 Å². The number of para-hydroxylation sites is 1. The number of hydrogen-bond donors (Lipinski definition) is 0. The number of carbonyl (C=O) groups excluding carboxylic acids is 1. The fraction of sp³-hybridized carbons (Fsp3) is 0.360. The Bertz CT molecular complexity index is 1050. The Morgan fingerprint density at radius 1 is 1.09 bits per heavy atom. The highest BCUT2D eigenvalue weighted by Gasteiger charge is 2.27. The van der Waals surface area contributed by atoms with Crippen molar-refractivity contribution in [2.45, 2.75) is 33.0 Å². The molecule has 1 aliphatic rings. The van der Waals surface area contributed by atoms with Gasteiger partial charge in [-0.25, -0.2) is 9.48 Å². The van der Waals surface area contributed by atoms with Crippen LogP contribution in [0.2, 0.25) is 0 Å². The van der Waals surface area contributed by atoms with Crippen molar-refractivity contribution in [3.63, 3.8) is 0 Å². The lowest BCUT2D eigenvalue weighted by Crippen LogP contribution is -2.33. The first-order valence-corrected chi connectivity index (χ1v) is 11.0. The van der Waals surface area contributed by atoms with Crippen molar-refractivity contribution < 1.29 is 14.3 Å². The molecule has 0 aliphatic carbocycles. The molecule has 0 unspecified atom stereocenters. The molecule has 0 N–H and O–H groups in total. The quantitative estimate of drug-likeness (QED) is 0.562. The number of carbonyl (C=O) groups is 1. The maximum absolute atomic E-state index is 12.2. The standard InChI is InChI=1S/C25H30N4O3/c1-4-28(25(30)32-3)18-23-22-17-27(16-19-10-12-21(31-2)13-11-19)15-14-24(22)29(26-23)20-8-6-5-7-9-20/h5-13H,4,14-18H2,1-3H3. The zero-order chi connectivity index (χ0) is 22.5. The van der Waals surface area contributed by atoms with Gasteiger partial charge < -0.3 is 14.4 Å². The highest BCUT2D eigenvalue weighted by molar-refractivity contribution is 5.67. The van der Waals surface area contributed by atoms with Crippen molar-refractivity contribution in [3.8, 4) is 11.4 Å². The number of hydrogen-bond acceptors (Lipinski definition) is 5. The van der Waals surface area contributed by atoms with Crippen molar-refractivity contribution in [2.24, 2.45) is 0 Å². The van der Waals surface area contributed by atoms with Crippen LogP contribution >= 0.6 is 0 Å². The summed E-state index contributed by atoms with van der Waals surface area (Å²) in [6.45, 7) is 5.55. The van der Waals surface area contributed by atoms with E-state index in [1.807, 2.05) is 41.9 Å².